The highest BCUT2D eigenvalue weighted by Crippen LogP contribution is 2.33. The Labute approximate surface area is 173 Å². The summed E-state index contributed by atoms with van der Waals surface area (Å²) in [6.07, 6.45) is 0.957. The predicted octanol–water partition coefficient (Wildman–Crippen LogP) is 2.21. The fourth-order valence-corrected chi connectivity index (χ4v) is 5.07. The van der Waals surface area contributed by atoms with Crippen LogP contribution in [0.2, 0.25) is 0 Å². The summed E-state index contributed by atoms with van der Waals surface area (Å²) >= 11 is -0.280. The second kappa shape index (κ2) is 7.66. The number of aromatic amines is 1. The molecule has 0 radical (unpaired) electrons. The van der Waals surface area contributed by atoms with Crippen molar-refractivity contribution in [3.8, 4) is 0 Å². The highest BCUT2D eigenvalue weighted by molar-refractivity contribution is 6.06. The molecule has 1 aliphatic rings. The molecular weight excluding hydrogens is 499 g/mol. The van der Waals surface area contributed by atoms with Gasteiger partial charge in [0.15, 0.2) is 4.08 Å². The molecule has 0 atom stereocenters. The lowest BCUT2D eigenvalue weighted by Gasteiger charge is -2.14. The van der Waals surface area contributed by atoms with Gasteiger partial charge in [-0.05, 0) is 42.5 Å². The van der Waals surface area contributed by atoms with Gasteiger partial charge in [0.05, 0.1) is 16.6 Å². The van der Waals surface area contributed by atoms with Gasteiger partial charge in [-0.3, -0.25) is 4.79 Å². The van der Waals surface area contributed by atoms with Crippen LogP contribution in [0.25, 0.3) is 14.5 Å². The molecule has 0 saturated carbocycles. The molecule has 0 bridgehead atoms. The van der Waals surface area contributed by atoms with Crippen molar-refractivity contribution in [1.29, 1.82) is 0 Å². The largest absolute Gasteiger partial charge is 0.416 e. The zero-order chi connectivity index (χ0) is 20.6. The zero-order valence-corrected chi connectivity index (χ0v) is 16.9. The quantitative estimate of drug-likeness (QED) is 0.408. The Hall–Kier alpha value is -2.62. The smallest absolute Gasteiger partial charge is 0.361 e. The van der Waals surface area contributed by atoms with Crippen LogP contribution in [-0.2, 0) is 12.7 Å². The molecule has 1 aliphatic heterocycles. The highest BCUT2D eigenvalue weighted by Gasteiger charge is 2.34. The van der Waals surface area contributed by atoms with Gasteiger partial charge in [-0.15, -0.1) is 0 Å². The maximum absolute atomic E-state index is 14.0. The topological polar surface area (TPSA) is 44.9 Å². The van der Waals surface area contributed by atoms with Crippen LogP contribution in [0.1, 0.15) is 27.0 Å². The summed E-state index contributed by atoms with van der Waals surface area (Å²) < 4.78 is 56.8. The summed E-state index contributed by atoms with van der Waals surface area (Å²) in [5.74, 6) is -1.58. The van der Waals surface area contributed by atoms with Crippen LogP contribution < -0.4 is 26.5 Å². The van der Waals surface area contributed by atoms with Gasteiger partial charge in [0.1, 0.15) is 5.82 Å². The number of allylic oxidation sites excluding steroid dienone is 2. The Morgan fingerprint density at radius 1 is 1.17 bits per heavy atom. The Bertz CT molecular complexity index is 1160. The molecule has 8 heteroatoms. The minimum atomic E-state index is -4.71. The van der Waals surface area contributed by atoms with Gasteiger partial charge in [-0.25, -0.2) is 4.39 Å². The van der Waals surface area contributed by atoms with Crippen molar-refractivity contribution in [2.24, 2.45) is 0 Å². The van der Waals surface area contributed by atoms with Crippen LogP contribution in [0.5, 0.6) is 0 Å². The monoisotopic (exact) mass is 513 g/mol. The van der Waals surface area contributed by atoms with E-state index in [2.05, 4.69) is 14.4 Å². The summed E-state index contributed by atoms with van der Waals surface area (Å²) in [6, 6.07) is 8.28. The van der Waals surface area contributed by atoms with Crippen molar-refractivity contribution >= 4 is 20.4 Å². The summed E-state index contributed by atoms with van der Waals surface area (Å²) in [5.41, 5.74) is 0.121. The molecule has 2 N–H and O–H groups in total. The van der Waals surface area contributed by atoms with Crippen molar-refractivity contribution in [3.63, 3.8) is 0 Å². The SMILES string of the molecule is O=C(NCc1c(F)cccc1C(F)(F)F)c1cc(C2=CC=C[I+]2)cc2cc[nH]c12. The van der Waals surface area contributed by atoms with E-state index in [-0.39, 0.29) is 21.2 Å². The van der Waals surface area contributed by atoms with E-state index < -0.39 is 35.6 Å². The van der Waals surface area contributed by atoms with Gasteiger partial charge in [0.2, 0.25) is 3.58 Å². The van der Waals surface area contributed by atoms with E-state index in [4.69, 9.17) is 0 Å². The van der Waals surface area contributed by atoms with Gasteiger partial charge in [-0.1, -0.05) is 6.07 Å². The third-order valence-corrected chi connectivity index (χ3v) is 6.95. The first-order valence-electron chi connectivity index (χ1n) is 8.59. The lowest BCUT2D eigenvalue weighted by Crippen LogP contribution is -3.56. The molecule has 0 aliphatic carbocycles. The number of halogens is 5. The lowest BCUT2D eigenvalue weighted by atomic mass is 10.0. The maximum Gasteiger partial charge on any atom is 0.416 e. The molecule has 3 aromatic rings. The van der Waals surface area contributed by atoms with E-state index in [0.29, 0.717) is 11.1 Å². The second-order valence-corrected chi connectivity index (χ2v) is 8.86. The van der Waals surface area contributed by atoms with Crippen LogP contribution in [0.3, 0.4) is 0 Å². The summed E-state index contributed by atoms with van der Waals surface area (Å²) in [4.78, 5) is 15.8. The van der Waals surface area contributed by atoms with Gasteiger partial charge in [0, 0.05) is 29.3 Å². The summed E-state index contributed by atoms with van der Waals surface area (Å²) in [5, 5.41) is 3.27. The average molecular weight is 513 g/mol. The fraction of sp³-hybridized carbons (Fsp3) is 0.0952. The molecule has 0 unspecified atom stereocenters. The van der Waals surface area contributed by atoms with E-state index in [1.54, 1.807) is 12.3 Å². The molecule has 1 amide bonds. The standard InChI is InChI=1S/C21H13F4IN2O/c22-17-4-1-3-16(21(23,24)25)15(17)11-28-20(29)14-10-13(18-5-2-7-26-18)9-12-6-8-27-19(12)14/h1-10H,11H2,(H-,27,28,29)/p+1. The maximum atomic E-state index is 14.0. The number of hydrogen-bond acceptors (Lipinski definition) is 1. The number of nitrogens with one attached hydrogen (secondary N) is 2. The van der Waals surface area contributed by atoms with Gasteiger partial charge in [-0.2, -0.15) is 13.2 Å². The number of fused-ring (bicyclic) bond motifs is 1. The minimum Gasteiger partial charge on any atom is -0.361 e. The third-order valence-electron chi connectivity index (χ3n) is 4.53. The Morgan fingerprint density at radius 3 is 2.72 bits per heavy atom. The third kappa shape index (κ3) is 3.93. The summed E-state index contributed by atoms with van der Waals surface area (Å²) in [7, 11) is 0. The van der Waals surface area contributed by atoms with Gasteiger partial charge in [0.25, 0.3) is 5.91 Å². The molecule has 4 rings (SSSR count). The predicted molar refractivity (Wildman–Crippen MR) is 98.0 cm³/mol. The number of alkyl halides is 3. The number of carbonyl (C=O) groups is 1. The van der Waals surface area contributed by atoms with Crippen LogP contribution in [0.15, 0.2) is 58.8 Å². The van der Waals surface area contributed by atoms with E-state index in [1.807, 2.05) is 24.3 Å². The van der Waals surface area contributed by atoms with Crippen molar-refractivity contribution in [2.75, 3.05) is 0 Å². The highest BCUT2D eigenvalue weighted by atomic mass is 127. The van der Waals surface area contributed by atoms with Gasteiger partial charge >= 0.3 is 27.4 Å². The van der Waals surface area contributed by atoms with E-state index in [9.17, 15) is 22.4 Å². The van der Waals surface area contributed by atoms with E-state index in [1.165, 1.54) is 0 Å². The van der Waals surface area contributed by atoms with E-state index >= 15 is 0 Å². The number of H-pyrrole nitrogens is 1. The molecule has 0 fully saturated rings. The second-order valence-electron chi connectivity index (χ2n) is 6.35. The number of hydrogen-bond donors (Lipinski definition) is 2. The van der Waals surface area contributed by atoms with Crippen LogP contribution in [0.4, 0.5) is 17.6 Å². The van der Waals surface area contributed by atoms with Crippen LogP contribution in [0, 0.1) is 5.82 Å². The number of aromatic nitrogens is 1. The van der Waals surface area contributed by atoms with E-state index in [0.717, 1.165) is 32.7 Å². The zero-order valence-electron chi connectivity index (χ0n) is 14.8. The Balaban J connectivity index is 1.65. The van der Waals surface area contributed by atoms with Crippen molar-refractivity contribution < 1.29 is 43.6 Å². The van der Waals surface area contributed by atoms with Crippen LogP contribution in [-0.4, -0.2) is 10.9 Å². The number of rotatable bonds is 4. The number of benzene rings is 2. The lowest BCUT2D eigenvalue weighted by molar-refractivity contribution is -0.483. The molecule has 2 aromatic carbocycles. The average Bonchev–Trinajstić information content (AvgIpc) is 3.36. The number of carbonyl (C=O) groups excluding carboxylic acids is 1. The normalized spacial score (nSPS) is 13.7. The molecule has 29 heavy (non-hydrogen) atoms. The first kappa shape index (κ1) is 19.7. The number of amides is 1. The molecule has 0 spiro atoms. The first-order valence-corrected chi connectivity index (χ1v) is 10.9. The summed E-state index contributed by atoms with van der Waals surface area (Å²) in [6.45, 7) is -0.566. The van der Waals surface area contributed by atoms with Crippen LogP contribution >= 0.6 is 0 Å². The molecule has 0 saturated heterocycles. The Morgan fingerprint density at radius 2 is 2.00 bits per heavy atom. The molecule has 1 aromatic heterocycles. The molecule has 3 nitrogen and oxygen atoms in total. The molecular formula is C21H14F4IN2O+. The fourth-order valence-electron chi connectivity index (χ4n) is 3.18. The minimum absolute atomic E-state index is 0.280. The van der Waals surface area contributed by atoms with Crippen molar-refractivity contribution in [2.45, 2.75) is 12.7 Å². The van der Waals surface area contributed by atoms with Crippen molar-refractivity contribution in [1.82, 2.24) is 10.3 Å². The Kier molecular flexibility index (Phi) is 5.20. The first-order chi connectivity index (χ1) is 13.8. The van der Waals surface area contributed by atoms with Gasteiger partial charge < -0.3 is 10.3 Å². The van der Waals surface area contributed by atoms with Crippen molar-refractivity contribution in [3.05, 3.63) is 86.9 Å². The molecule has 148 valence electrons. The molecule has 2 heterocycles.